The Morgan fingerprint density at radius 3 is 2.50 bits per heavy atom. The van der Waals surface area contributed by atoms with Gasteiger partial charge in [0.05, 0.1) is 0 Å². The molecule has 0 aliphatic rings. The lowest BCUT2D eigenvalue weighted by atomic mass is 10.0. The quantitative estimate of drug-likeness (QED) is 0.594. The summed E-state index contributed by atoms with van der Waals surface area (Å²) >= 11 is 4.27. The summed E-state index contributed by atoms with van der Waals surface area (Å²) < 4.78 is 0. The first-order valence-electron chi connectivity index (χ1n) is 5.38. The molecule has 0 aliphatic heterocycles. The molecule has 0 unspecified atom stereocenters. The molecule has 0 saturated heterocycles. The van der Waals surface area contributed by atoms with E-state index in [1.54, 1.807) is 0 Å². The number of rotatable bonds is 2. The summed E-state index contributed by atoms with van der Waals surface area (Å²) in [6.45, 7) is 2.16. The van der Waals surface area contributed by atoms with Gasteiger partial charge in [-0.05, 0) is 35.2 Å². The van der Waals surface area contributed by atoms with Crippen LogP contribution in [0.5, 0.6) is 0 Å². The van der Waals surface area contributed by atoms with E-state index < -0.39 is 0 Å². The zero-order valence-electron chi connectivity index (χ0n) is 9.27. The summed E-state index contributed by atoms with van der Waals surface area (Å²) in [5, 5.41) is 0. The van der Waals surface area contributed by atoms with Crippen molar-refractivity contribution in [3.8, 4) is 11.1 Å². The minimum absolute atomic E-state index is 0.725. The first-order chi connectivity index (χ1) is 7.70. The minimum Gasteiger partial charge on any atom is -0.398 e. The van der Waals surface area contributed by atoms with Crippen LogP contribution in [0.15, 0.2) is 47.4 Å². The van der Waals surface area contributed by atoms with Crippen molar-refractivity contribution in [2.45, 2.75) is 18.2 Å². The van der Waals surface area contributed by atoms with Gasteiger partial charge in [-0.2, -0.15) is 0 Å². The van der Waals surface area contributed by atoms with E-state index in [4.69, 9.17) is 5.73 Å². The molecule has 2 rings (SSSR count). The largest absolute Gasteiger partial charge is 0.398 e. The predicted molar refractivity (Wildman–Crippen MR) is 72.9 cm³/mol. The van der Waals surface area contributed by atoms with Crippen LogP contribution in [0.3, 0.4) is 0 Å². The molecule has 0 amide bonds. The normalized spacial score (nSPS) is 10.4. The molecule has 0 aromatic heterocycles. The van der Waals surface area contributed by atoms with Crippen LogP contribution in [-0.2, 0) is 6.42 Å². The highest BCUT2D eigenvalue weighted by Gasteiger charge is 2.01. The molecule has 0 atom stereocenters. The molecule has 0 fully saturated rings. The van der Waals surface area contributed by atoms with Crippen LogP contribution in [0.1, 0.15) is 12.5 Å². The topological polar surface area (TPSA) is 26.0 Å². The van der Waals surface area contributed by atoms with E-state index >= 15 is 0 Å². The Kier molecular flexibility index (Phi) is 3.20. The number of thiol groups is 1. The van der Waals surface area contributed by atoms with Crippen molar-refractivity contribution in [1.82, 2.24) is 0 Å². The standard InChI is InChI=1S/C14H15NS/c1-2-10-4-3-5-11(8-10)12-6-7-14(16)13(15)9-12/h3-9,16H,2,15H2,1H3. The third-order valence-electron chi connectivity index (χ3n) is 2.70. The summed E-state index contributed by atoms with van der Waals surface area (Å²) in [6, 6.07) is 14.5. The van der Waals surface area contributed by atoms with Crippen LogP contribution in [0, 0.1) is 0 Å². The summed E-state index contributed by atoms with van der Waals surface area (Å²) in [5.41, 5.74) is 10.3. The monoisotopic (exact) mass is 229 g/mol. The second-order valence-corrected chi connectivity index (χ2v) is 4.31. The van der Waals surface area contributed by atoms with Crippen molar-refractivity contribution in [3.05, 3.63) is 48.0 Å². The van der Waals surface area contributed by atoms with E-state index in [0.29, 0.717) is 0 Å². The number of hydrogen-bond acceptors (Lipinski definition) is 2. The Hall–Kier alpha value is -1.41. The highest BCUT2D eigenvalue weighted by molar-refractivity contribution is 7.80. The van der Waals surface area contributed by atoms with Crippen LogP contribution in [-0.4, -0.2) is 0 Å². The van der Waals surface area contributed by atoms with E-state index in [1.165, 1.54) is 11.1 Å². The van der Waals surface area contributed by atoms with Gasteiger partial charge in [0.1, 0.15) is 0 Å². The summed E-state index contributed by atoms with van der Waals surface area (Å²) in [5.74, 6) is 0. The maximum atomic E-state index is 5.85. The van der Waals surface area contributed by atoms with Crippen LogP contribution in [0.2, 0.25) is 0 Å². The maximum Gasteiger partial charge on any atom is 0.0455 e. The van der Waals surface area contributed by atoms with Gasteiger partial charge in [-0.1, -0.05) is 37.3 Å². The molecule has 16 heavy (non-hydrogen) atoms. The van der Waals surface area contributed by atoms with E-state index in [9.17, 15) is 0 Å². The zero-order valence-corrected chi connectivity index (χ0v) is 10.2. The fourth-order valence-electron chi connectivity index (χ4n) is 1.70. The first-order valence-corrected chi connectivity index (χ1v) is 5.83. The molecule has 0 radical (unpaired) electrons. The van der Waals surface area contributed by atoms with Gasteiger partial charge < -0.3 is 5.73 Å². The lowest BCUT2D eigenvalue weighted by Crippen LogP contribution is -1.88. The fraction of sp³-hybridized carbons (Fsp3) is 0.143. The number of benzene rings is 2. The van der Waals surface area contributed by atoms with Crippen LogP contribution >= 0.6 is 12.6 Å². The lowest BCUT2D eigenvalue weighted by Gasteiger charge is -2.06. The molecular formula is C14H15NS. The summed E-state index contributed by atoms with van der Waals surface area (Å²) in [7, 11) is 0. The predicted octanol–water partition coefficient (Wildman–Crippen LogP) is 3.79. The molecule has 0 aliphatic carbocycles. The van der Waals surface area contributed by atoms with E-state index in [0.717, 1.165) is 22.6 Å². The lowest BCUT2D eigenvalue weighted by molar-refractivity contribution is 1.14. The third-order valence-corrected chi connectivity index (χ3v) is 3.10. The van der Waals surface area contributed by atoms with Gasteiger partial charge >= 0.3 is 0 Å². The fourth-order valence-corrected chi connectivity index (χ4v) is 1.84. The molecule has 0 bridgehead atoms. The number of anilines is 1. The summed E-state index contributed by atoms with van der Waals surface area (Å²) in [4.78, 5) is 0.829. The smallest absolute Gasteiger partial charge is 0.0455 e. The molecule has 0 heterocycles. The van der Waals surface area contributed by atoms with Gasteiger partial charge in [0.25, 0.3) is 0 Å². The first kappa shape index (κ1) is 11.1. The van der Waals surface area contributed by atoms with Gasteiger partial charge in [0, 0.05) is 10.6 Å². The van der Waals surface area contributed by atoms with Crippen molar-refractivity contribution in [1.29, 1.82) is 0 Å². The molecule has 82 valence electrons. The van der Waals surface area contributed by atoms with E-state index in [-0.39, 0.29) is 0 Å². The average Bonchev–Trinajstić information content (AvgIpc) is 2.33. The molecule has 0 spiro atoms. The third kappa shape index (κ3) is 2.22. The van der Waals surface area contributed by atoms with Crippen LogP contribution in [0.4, 0.5) is 5.69 Å². The molecule has 1 nitrogen and oxygen atoms in total. The second-order valence-electron chi connectivity index (χ2n) is 3.83. The molecule has 2 aromatic rings. The Balaban J connectivity index is 2.46. The van der Waals surface area contributed by atoms with E-state index in [2.05, 4.69) is 43.8 Å². The number of aryl methyl sites for hydroxylation is 1. The average molecular weight is 229 g/mol. The molecular weight excluding hydrogens is 214 g/mol. The van der Waals surface area contributed by atoms with Crippen molar-refractivity contribution in [2.24, 2.45) is 0 Å². The molecule has 2 heteroatoms. The summed E-state index contributed by atoms with van der Waals surface area (Å²) in [6.07, 6.45) is 1.05. The van der Waals surface area contributed by atoms with Gasteiger partial charge in [-0.25, -0.2) is 0 Å². The van der Waals surface area contributed by atoms with Crippen LogP contribution < -0.4 is 5.73 Å². The van der Waals surface area contributed by atoms with Gasteiger partial charge in [-0.3, -0.25) is 0 Å². The van der Waals surface area contributed by atoms with Gasteiger partial charge in [0.2, 0.25) is 0 Å². The van der Waals surface area contributed by atoms with Crippen LogP contribution in [0.25, 0.3) is 11.1 Å². The Morgan fingerprint density at radius 2 is 1.81 bits per heavy atom. The highest BCUT2D eigenvalue weighted by Crippen LogP contribution is 2.26. The van der Waals surface area contributed by atoms with Crippen molar-refractivity contribution >= 4 is 18.3 Å². The van der Waals surface area contributed by atoms with Crippen molar-refractivity contribution < 1.29 is 0 Å². The molecule has 2 N–H and O–H groups in total. The SMILES string of the molecule is CCc1cccc(-c2ccc(S)c(N)c2)c1. The number of nitrogens with two attached hydrogens (primary N) is 1. The Labute approximate surface area is 102 Å². The Bertz CT molecular complexity index is 506. The van der Waals surface area contributed by atoms with Crippen molar-refractivity contribution in [3.63, 3.8) is 0 Å². The molecule has 2 aromatic carbocycles. The zero-order chi connectivity index (χ0) is 11.5. The highest BCUT2D eigenvalue weighted by atomic mass is 32.1. The number of nitrogen functional groups attached to an aromatic ring is 1. The van der Waals surface area contributed by atoms with Gasteiger partial charge in [-0.15, -0.1) is 12.6 Å². The van der Waals surface area contributed by atoms with E-state index in [1.807, 2.05) is 18.2 Å². The van der Waals surface area contributed by atoms with Gasteiger partial charge in [0.15, 0.2) is 0 Å². The Morgan fingerprint density at radius 1 is 1.06 bits per heavy atom. The molecule has 0 saturated carbocycles. The van der Waals surface area contributed by atoms with Crippen molar-refractivity contribution in [2.75, 3.05) is 5.73 Å². The minimum atomic E-state index is 0.725. The second kappa shape index (κ2) is 4.62. The number of hydrogen-bond donors (Lipinski definition) is 2. The maximum absolute atomic E-state index is 5.85.